The van der Waals surface area contributed by atoms with Gasteiger partial charge in [0.05, 0.1) is 0 Å². The Morgan fingerprint density at radius 1 is 1.26 bits per heavy atom. The molecule has 0 aromatic heterocycles. The smallest absolute Gasteiger partial charge is 0.253 e. The van der Waals surface area contributed by atoms with Gasteiger partial charge in [-0.05, 0) is 37.5 Å². The summed E-state index contributed by atoms with van der Waals surface area (Å²) in [7, 11) is 0. The Hall–Kier alpha value is -1.84. The van der Waals surface area contributed by atoms with Gasteiger partial charge in [-0.3, -0.25) is 9.59 Å². The first-order chi connectivity index (χ1) is 9.20. The number of rotatable bonds is 4. The fourth-order valence-electron chi connectivity index (χ4n) is 2.28. The number of nitrogens with zero attached hydrogens (tertiary/aromatic N) is 1. The van der Waals surface area contributed by atoms with Crippen molar-refractivity contribution in [2.45, 2.75) is 32.6 Å². The van der Waals surface area contributed by atoms with E-state index < -0.39 is 0 Å². The molecule has 1 aromatic rings. The fraction of sp³-hybridized carbons (Fsp3) is 0.467. The molecule has 2 rings (SSSR count). The zero-order chi connectivity index (χ0) is 13.7. The summed E-state index contributed by atoms with van der Waals surface area (Å²) in [6.07, 6.45) is 3.49. The van der Waals surface area contributed by atoms with Gasteiger partial charge in [0.25, 0.3) is 5.91 Å². The Morgan fingerprint density at radius 2 is 2.00 bits per heavy atom. The average molecular weight is 260 g/mol. The molecule has 102 valence electrons. The Labute approximate surface area is 113 Å². The summed E-state index contributed by atoms with van der Waals surface area (Å²) in [4.78, 5) is 25.6. The van der Waals surface area contributed by atoms with Crippen LogP contribution in [-0.2, 0) is 4.79 Å². The minimum atomic E-state index is -0.00623. The molecule has 0 radical (unpaired) electrons. The Bertz CT molecular complexity index is 465. The highest BCUT2D eigenvalue weighted by Gasteiger charge is 2.19. The summed E-state index contributed by atoms with van der Waals surface area (Å²) in [5, 5.41) is 2.82. The van der Waals surface area contributed by atoms with Crippen molar-refractivity contribution in [1.82, 2.24) is 4.90 Å². The second-order valence-electron chi connectivity index (χ2n) is 4.88. The van der Waals surface area contributed by atoms with Gasteiger partial charge in [-0.1, -0.05) is 13.0 Å². The van der Waals surface area contributed by atoms with Crippen LogP contribution in [0, 0.1) is 0 Å². The van der Waals surface area contributed by atoms with Crippen molar-refractivity contribution in [2.75, 3.05) is 18.4 Å². The van der Waals surface area contributed by atoms with Gasteiger partial charge in [0, 0.05) is 30.8 Å². The van der Waals surface area contributed by atoms with Crippen molar-refractivity contribution in [1.29, 1.82) is 0 Å². The summed E-state index contributed by atoms with van der Waals surface area (Å²) >= 11 is 0. The Kier molecular flexibility index (Phi) is 4.55. The van der Waals surface area contributed by atoms with Crippen LogP contribution in [0.4, 0.5) is 5.69 Å². The molecule has 1 aromatic carbocycles. The third-order valence-electron chi connectivity index (χ3n) is 3.26. The molecule has 0 bridgehead atoms. The van der Waals surface area contributed by atoms with E-state index in [1.54, 1.807) is 12.1 Å². The van der Waals surface area contributed by atoms with Gasteiger partial charge >= 0.3 is 0 Å². The predicted octanol–water partition coefficient (Wildman–Crippen LogP) is 2.66. The van der Waals surface area contributed by atoms with Gasteiger partial charge in [0.15, 0.2) is 0 Å². The number of amides is 2. The second-order valence-corrected chi connectivity index (χ2v) is 4.88. The molecule has 1 heterocycles. The molecule has 1 saturated heterocycles. The number of carbonyl (C=O) groups excluding carboxylic acids is 2. The van der Waals surface area contributed by atoms with Crippen LogP contribution < -0.4 is 5.32 Å². The van der Waals surface area contributed by atoms with Crippen LogP contribution in [0.25, 0.3) is 0 Å². The number of nitrogens with one attached hydrogen (secondary N) is 1. The van der Waals surface area contributed by atoms with E-state index in [4.69, 9.17) is 0 Å². The van der Waals surface area contributed by atoms with E-state index >= 15 is 0 Å². The van der Waals surface area contributed by atoms with Gasteiger partial charge in [0.1, 0.15) is 0 Å². The van der Waals surface area contributed by atoms with Crippen LogP contribution in [0.2, 0.25) is 0 Å². The highest BCUT2D eigenvalue weighted by atomic mass is 16.2. The molecule has 4 nitrogen and oxygen atoms in total. The second kappa shape index (κ2) is 6.36. The summed E-state index contributed by atoms with van der Waals surface area (Å²) in [5.74, 6) is 0.0531. The van der Waals surface area contributed by atoms with Crippen LogP contribution >= 0.6 is 0 Å². The summed E-state index contributed by atoms with van der Waals surface area (Å²) in [6, 6.07) is 7.18. The van der Waals surface area contributed by atoms with Crippen molar-refractivity contribution in [3.63, 3.8) is 0 Å². The molecule has 0 atom stereocenters. The summed E-state index contributed by atoms with van der Waals surface area (Å²) in [5.41, 5.74) is 1.35. The molecular formula is C15H20N2O2. The number of carbonyl (C=O) groups is 2. The first-order valence-corrected chi connectivity index (χ1v) is 6.90. The van der Waals surface area contributed by atoms with E-state index in [0.717, 1.165) is 32.4 Å². The number of likely N-dealkylation sites (tertiary alicyclic amines) is 1. The maximum atomic E-state index is 12.2. The van der Waals surface area contributed by atoms with E-state index in [2.05, 4.69) is 5.32 Å². The van der Waals surface area contributed by atoms with E-state index in [9.17, 15) is 9.59 Å². The summed E-state index contributed by atoms with van der Waals surface area (Å²) in [6.45, 7) is 3.64. The van der Waals surface area contributed by atoms with Crippen LogP contribution in [0.5, 0.6) is 0 Å². The minimum Gasteiger partial charge on any atom is -0.339 e. The topological polar surface area (TPSA) is 49.4 Å². The highest BCUT2D eigenvalue weighted by molar-refractivity contribution is 5.97. The SMILES string of the molecule is CCCC(=O)Nc1cccc(C(=O)N2CCCC2)c1. The first kappa shape index (κ1) is 13.6. The fourth-order valence-corrected chi connectivity index (χ4v) is 2.28. The van der Waals surface area contributed by atoms with Crippen molar-refractivity contribution in [3.8, 4) is 0 Å². The maximum Gasteiger partial charge on any atom is 0.253 e. The molecule has 19 heavy (non-hydrogen) atoms. The molecule has 1 aliphatic rings. The van der Waals surface area contributed by atoms with E-state index in [1.807, 2.05) is 24.0 Å². The van der Waals surface area contributed by atoms with Crippen LogP contribution in [0.3, 0.4) is 0 Å². The normalized spacial score (nSPS) is 14.5. The van der Waals surface area contributed by atoms with Crippen molar-refractivity contribution in [2.24, 2.45) is 0 Å². The lowest BCUT2D eigenvalue weighted by molar-refractivity contribution is -0.116. The highest BCUT2D eigenvalue weighted by Crippen LogP contribution is 2.16. The van der Waals surface area contributed by atoms with Gasteiger partial charge in [-0.15, -0.1) is 0 Å². The van der Waals surface area contributed by atoms with Crippen LogP contribution in [0.1, 0.15) is 43.0 Å². The number of benzene rings is 1. The molecular weight excluding hydrogens is 240 g/mol. The first-order valence-electron chi connectivity index (χ1n) is 6.90. The quantitative estimate of drug-likeness (QED) is 0.904. The van der Waals surface area contributed by atoms with Crippen LogP contribution in [-0.4, -0.2) is 29.8 Å². The maximum absolute atomic E-state index is 12.2. The third kappa shape index (κ3) is 3.56. The van der Waals surface area contributed by atoms with E-state index in [0.29, 0.717) is 17.7 Å². The Morgan fingerprint density at radius 3 is 2.68 bits per heavy atom. The largest absolute Gasteiger partial charge is 0.339 e. The van der Waals surface area contributed by atoms with Crippen molar-refractivity contribution >= 4 is 17.5 Å². The molecule has 4 heteroatoms. The van der Waals surface area contributed by atoms with Gasteiger partial charge in [-0.25, -0.2) is 0 Å². The van der Waals surface area contributed by atoms with Gasteiger partial charge < -0.3 is 10.2 Å². The lowest BCUT2D eigenvalue weighted by Gasteiger charge is -2.15. The molecule has 1 fully saturated rings. The predicted molar refractivity (Wildman–Crippen MR) is 75.1 cm³/mol. The number of hydrogen-bond acceptors (Lipinski definition) is 2. The standard InChI is InChI=1S/C15H20N2O2/c1-2-6-14(18)16-13-8-5-7-12(11-13)15(19)17-9-3-4-10-17/h5,7-8,11H,2-4,6,9-10H2,1H3,(H,16,18). The molecule has 0 unspecified atom stereocenters. The van der Waals surface area contributed by atoms with Crippen molar-refractivity contribution in [3.05, 3.63) is 29.8 Å². The Balaban J connectivity index is 2.05. The molecule has 1 aliphatic heterocycles. The molecule has 0 saturated carbocycles. The average Bonchev–Trinajstić information content (AvgIpc) is 2.92. The zero-order valence-electron chi connectivity index (χ0n) is 11.3. The third-order valence-corrected chi connectivity index (χ3v) is 3.26. The molecule has 0 spiro atoms. The van der Waals surface area contributed by atoms with Crippen molar-refractivity contribution < 1.29 is 9.59 Å². The molecule has 2 amide bonds. The minimum absolute atomic E-state index is 0.00623. The monoisotopic (exact) mass is 260 g/mol. The van der Waals surface area contributed by atoms with Crippen LogP contribution in [0.15, 0.2) is 24.3 Å². The molecule has 0 aliphatic carbocycles. The number of anilines is 1. The van der Waals surface area contributed by atoms with Gasteiger partial charge in [0.2, 0.25) is 5.91 Å². The van der Waals surface area contributed by atoms with E-state index in [-0.39, 0.29) is 11.8 Å². The number of hydrogen-bond donors (Lipinski definition) is 1. The lowest BCUT2D eigenvalue weighted by Crippen LogP contribution is -2.27. The zero-order valence-corrected chi connectivity index (χ0v) is 11.3. The van der Waals surface area contributed by atoms with E-state index in [1.165, 1.54) is 0 Å². The van der Waals surface area contributed by atoms with Gasteiger partial charge in [-0.2, -0.15) is 0 Å². The summed E-state index contributed by atoms with van der Waals surface area (Å²) < 4.78 is 0. The lowest BCUT2D eigenvalue weighted by atomic mass is 10.1. The molecule has 1 N–H and O–H groups in total.